The van der Waals surface area contributed by atoms with E-state index in [4.69, 9.17) is 21.1 Å². The number of halogens is 1. The average molecular weight is 542 g/mol. The van der Waals surface area contributed by atoms with Crippen molar-refractivity contribution in [2.75, 3.05) is 11.9 Å². The van der Waals surface area contributed by atoms with E-state index in [0.29, 0.717) is 11.1 Å². The first-order chi connectivity index (χ1) is 18.8. The third-order valence-electron chi connectivity index (χ3n) is 5.56. The van der Waals surface area contributed by atoms with Crippen molar-refractivity contribution in [3.63, 3.8) is 0 Å². The molecule has 0 radical (unpaired) electrons. The van der Waals surface area contributed by atoms with Crippen LogP contribution in [0.15, 0.2) is 84.4 Å². The fourth-order valence-corrected chi connectivity index (χ4v) is 3.96. The number of hydrogen-bond donors (Lipinski definition) is 1. The molecule has 4 aromatic rings. The summed E-state index contributed by atoms with van der Waals surface area (Å²) < 4.78 is 11.3. The highest BCUT2D eigenvalue weighted by Gasteiger charge is 2.18. The molecule has 0 aliphatic carbocycles. The Labute approximate surface area is 228 Å². The first-order valence-electron chi connectivity index (χ1n) is 11.6. The molecule has 0 fully saturated rings. The van der Waals surface area contributed by atoms with Gasteiger partial charge in [0, 0.05) is 11.8 Å². The van der Waals surface area contributed by atoms with E-state index in [1.54, 1.807) is 25.1 Å². The van der Waals surface area contributed by atoms with Gasteiger partial charge in [0.25, 0.3) is 11.6 Å². The summed E-state index contributed by atoms with van der Waals surface area (Å²) in [5.41, 5.74) is 0.271. The Hall–Kier alpha value is -5.20. The molecule has 0 saturated carbocycles. The van der Waals surface area contributed by atoms with E-state index in [1.807, 2.05) is 36.4 Å². The number of hydrogen-bond acceptors (Lipinski definition) is 7. The van der Waals surface area contributed by atoms with Crippen molar-refractivity contribution in [2.24, 2.45) is 0 Å². The van der Waals surface area contributed by atoms with Crippen LogP contribution in [0, 0.1) is 21.4 Å². The maximum Gasteiger partial charge on any atom is 0.344 e. The molecule has 4 rings (SSSR count). The summed E-state index contributed by atoms with van der Waals surface area (Å²) in [5.74, 6) is -0.932. The van der Waals surface area contributed by atoms with E-state index in [9.17, 15) is 25.0 Å². The number of amides is 1. The molecule has 4 aromatic carbocycles. The van der Waals surface area contributed by atoms with Crippen molar-refractivity contribution in [2.45, 2.75) is 6.92 Å². The fourth-order valence-electron chi connectivity index (χ4n) is 3.77. The lowest BCUT2D eigenvalue weighted by Gasteiger charge is -2.12. The molecule has 194 valence electrons. The van der Waals surface area contributed by atoms with Gasteiger partial charge in [0.15, 0.2) is 11.5 Å². The van der Waals surface area contributed by atoms with Crippen molar-refractivity contribution in [3.8, 4) is 17.6 Å². The van der Waals surface area contributed by atoms with Crippen LogP contribution in [0.5, 0.6) is 11.5 Å². The standard InChI is InChI=1S/C29H20ClN3O6/c1-2-38-27-15-18(14-20(17-31)28(34)32-21-11-12-24(30)25(16-21)33(36)37)10-13-26(27)39-29(35)23-9-5-7-19-6-3-4-8-22(19)23/h3-16H,2H2,1H3,(H,32,34)/b20-14+. The van der Waals surface area contributed by atoms with Crippen molar-refractivity contribution in [1.29, 1.82) is 5.26 Å². The zero-order chi connectivity index (χ0) is 27.9. The molecule has 0 saturated heterocycles. The number of carbonyl (C=O) groups is 2. The zero-order valence-corrected chi connectivity index (χ0v) is 21.3. The lowest BCUT2D eigenvalue weighted by Crippen LogP contribution is -2.13. The minimum absolute atomic E-state index is 0.0845. The van der Waals surface area contributed by atoms with Crippen LogP contribution in [0.3, 0.4) is 0 Å². The summed E-state index contributed by atoms with van der Waals surface area (Å²) >= 11 is 5.81. The first-order valence-corrected chi connectivity index (χ1v) is 12.0. The Balaban J connectivity index is 1.58. The molecule has 0 bridgehead atoms. The van der Waals surface area contributed by atoms with Crippen LogP contribution in [-0.4, -0.2) is 23.4 Å². The molecule has 39 heavy (non-hydrogen) atoms. The number of carbonyl (C=O) groups excluding carboxylic acids is 2. The average Bonchev–Trinajstić information content (AvgIpc) is 2.93. The number of fused-ring (bicyclic) bond motifs is 1. The topological polar surface area (TPSA) is 132 Å². The number of nitrogens with one attached hydrogen (secondary N) is 1. The second kappa shape index (κ2) is 11.9. The normalized spacial score (nSPS) is 10.9. The van der Waals surface area contributed by atoms with Crippen LogP contribution in [-0.2, 0) is 4.79 Å². The Morgan fingerprint density at radius 1 is 1.05 bits per heavy atom. The highest BCUT2D eigenvalue weighted by atomic mass is 35.5. The molecule has 0 heterocycles. The molecule has 1 N–H and O–H groups in total. The number of nitro benzene ring substituents is 1. The van der Waals surface area contributed by atoms with Crippen LogP contribution in [0.1, 0.15) is 22.8 Å². The fraction of sp³-hybridized carbons (Fsp3) is 0.0690. The maximum absolute atomic E-state index is 13.0. The number of nitriles is 1. The number of ether oxygens (including phenoxy) is 2. The second-order valence-corrected chi connectivity index (χ2v) is 8.51. The molecule has 9 nitrogen and oxygen atoms in total. The number of esters is 1. The number of anilines is 1. The lowest BCUT2D eigenvalue weighted by molar-refractivity contribution is -0.384. The molecule has 0 atom stereocenters. The van der Waals surface area contributed by atoms with Gasteiger partial charge in [0.2, 0.25) is 0 Å². The van der Waals surface area contributed by atoms with Crippen LogP contribution in [0.4, 0.5) is 11.4 Å². The van der Waals surface area contributed by atoms with Gasteiger partial charge in [-0.25, -0.2) is 4.79 Å². The Morgan fingerprint density at radius 2 is 1.82 bits per heavy atom. The SMILES string of the molecule is CCOc1cc(/C=C(\C#N)C(=O)Nc2ccc(Cl)c([N+](=O)[O-])c2)ccc1OC(=O)c1cccc2ccccc12. The van der Waals surface area contributed by atoms with E-state index in [2.05, 4.69) is 5.32 Å². The van der Waals surface area contributed by atoms with Crippen molar-refractivity contribution in [3.05, 3.63) is 111 Å². The van der Waals surface area contributed by atoms with Gasteiger partial charge in [-0.15, -0.1) is 0 Å². The van der Waals surface area contributed by atoms with Gasteiger partial charge in [-0.05, 0) is 59.7 Å². The summed E-state index contributed by atoms with van der Waals surface area (Å²) in [6.07, 6.45) is 1.32. The number of benzene rings is 4. The van der Waals surface area contributed by atoms with Gasteiger partial charge in [0.05, 0.1) is 17.1 Å². The van der Waals surface area contributed by atoms with E-state index in [1.165, 1.54) is 30.3 Å². The number of nitrogens with zero attached hydrogens (tertiary/aromatic N) is 2. The van der Waals surface area contributed by atoms with Crippen LogP contribution >= 0.6 is 11.6 Å². The largest absolute Gasteiger partial charge is 0.490 e. The Kier molecular flexibility index (Phi) is 8.19. The summed E-state index contributed by atoms with van der Waals surface area (Å²) in [6.45, 7) is 2.03. The quantitative estimate of drug-likeness (QED) is 0.0666. The Morgan fingerprint density at radius 3 is 2.56 bits per heavy atom. The van der Waals surface area contributed by atoms with E-state index in [0.717, 1.165) is 16.8 Å². The van der Waals surface area contributed by atoms with Gasteiger partial charge in [-0.2, -0.15) is 5.26 Å². The maximum atomic E-state index is 13.0. The molecule has 0 aliphatic rings. The van der Waals surface area contributed by atoms with Crippen LogP contribution < -0.4 is 14.8 Å². The number of nitro groups is 1. The summed E-state index contributed by atoms with van der Waals surface area (Å²) in [6, 6.07) is 23.0. The minimum Gasteiger partial charge on any atom is -0.490 e. The predicted octanol–water partition coefficient (Wildman–Crippen LogP) is 6.56. The van der Waals surface area contributed by atoms with Gasteiger partial charge in [-0.3, -0.25) is 14.9 Å². The van der Waals surface area contributed by atoms with E-state index >= 15 is 0 Å². The second-order valence-electron chi connectivity index (χ2n) is 8.10. The van der Waals surface area contributed by atoms with Crippen molar-refractivity contribution in [1.82, 2.24) is 0 Å². The molecule has 1 amide bonds. The number of rotatable bonds is 8. The molecular formula is C29H20ClN3O6. The molecular weight excluding hydrogens is 522 g/mol. The smallest absolute Gasteiger partial charge is 0.344 e. The van der Waals surface area contributed by atoms with Gasteiger partial charge < -0.3 is 14.8 Å². The highest BCUT2D eigenvalue weighted by Crippen LogP contribution is 2.31. The molecule has 0 aliphatic heterocycles. The highest BCUT2D eigenvalue weighted by molar-refractivity contribution is 6.32. The molecule has 10 heteroatoms. The van der Waals surface area contributed by atoms with Crippen LogP contribution in [0.25, 0.3) is 16.8 Å². The predicted molar refractivity (Wildman–Crippen MR) is 147 cm³/mol. The van der Waals surface area contributed by atoms with Crippen molar-refractivity contribution >= 4 is 51.7 Å². The van der Waals surface area contributed by atoms with E-state index < -0.39 is 16.8 Å². The minimum atomic E-state index is -0.779. The summed E-state index contributed by atoms with van der Waals surface area (Å²) in [4.78, 5) is 36.1. The van der Waals surface area contributed by atoms with Crippen LogP contribution in [0.2, 0.25) is 5.02 Å². The third-order valence-corrected chi connectivity index (χ3v) is 5.88. The lowest BCUT2D eigenvalue weighted by atomic mass is 10.0. The van der Waals surface area contributed by atoms with Gasteiger partial charge in [0.1, 0.15) is 16.7 Å². The van der Waals surface area contributed by atoms with Gasteiger partial charge >= 0.3 is 5.97 Å². The van der Waals surface area contributed by atoms with Crippen molar-refractivity contribution < 1.29 is 24.0 Å². The van der Waals surface area contributed by atoms with Gasteiger partial charge in [-0.1, -0.05) is 54.1 Å². The zero-order valence-electron chi connectivity index (χ0n) is 20.5. The molecule has 0 unspecified atom stereocenters. The summed E-state index contributed by atoms with van der Waals surface area (Å²) in [7, 11) is 0. The van der Waals surface area contributed by atoms with E-state index in [-0.39, 0.29) is 40.1 Å². The first kappa shape index (κ1) is 26.9. The monoisotopic (exact) mass is 541 g/mol. The molecule has 0 aromatic heterocycles. The third kappa shape index (κ3) is 6.21. The molecule has 0 spiro atoms. The Bertz CT molecular complexity index is 1670. The summed E-state index contributed by atoms with van der Waals surface area (Å²) in [5, 5.41) is 24.7.